The summed E-state index contributed by atoms with van der Waals surface area (Å²) < 4.78 is 11.4. The summed E-state index contributed by atoms with van der Waals surface area (Å²) >= 11 is 0. The van der Waals surface area contributed by atoms with E-state index < -0.39 is 0 Å². The summed E-state index contributed by atoms with van der Waals surface area (Å²) in [7, 11) is 0. The van der Waals surface area contributed by atoms with E-state index in [1.54, 1.807) is 0 Å². The zero-order valence-electron chi connectivity index (χ0n) is 32.6. The first-order valence-corrected chi connectivity index (χ1v) is 19.6. The largest absolute Gasteiger partial charge is 0.457 e. The molecule has 1 aliphatic carbocycles. The molecule has 7 rings (SSSR count). The number of rotatable bonds is 11. The van der Waals surface area contributed by atoms with Crippen LogP contribution in [0.1, 0.15) is 121 Å². The molecule has 0 spiro atoms. The van der Waals surface area contributed by atoms with E-state index in [4.69, 9.17) is 14.8 Å². The second kappa shape index (κ2) is 14.8. The van der Waals surface area contributed by atoms with Gasteiger partial charge in [-0.1, -0.05) is 84.2 Å². The number of aryl methyl sites for hydroxylation is 2. The number of aromatic nitrogens is 4. The third-order valence-electron chi connectivity index (χ3n) is 11.2. The zero-order valence-corrected chi connectivity index (χ0v) is 32.6. The molecule has 0 saturated heterocycles. The number of fused-ring (bicyclic) bond motifs is 3. The van der Waals surface area contributed by atoms with Crippen molar-refractivity contribution in [3.8, 4) is 23.0 Å². The number of hydrogen-bond acceptors (Lipinski definition) is 3. The Bertz CT molecular complexity index is 2240. The van der Waals surface area contributed by atoms with Gasteiger partial charge < -0.3 is 4.74 Å². The van der Waals surface area contributed by atoms with Gasteiger partial charge in [-0.25, -0.2) is 9.67 Å². The van der Waals surface area contributed by atoms with Crippen LogP contribution in [-0.4, -0.2) is 19.3 Å². The summed E-state index contributed by atoms with van der Waals surface area (Å²) in [5, 5.41) is 7.71. The second-order valence-electron chi connectivity index (χ2n) is 16.2. The highest BCUT2D eigenvalue weighted by atomic mass is 16.5. The van der Waals surface area contributed by atoms with E-state index in [1.165, 1.54) is 64.4 Å². The molecule has 1 unspecified atom stereocenters. The summed E-state index contributed by atoms with van der Waals surface area (Å²) in [6.07, 6.45) is 13.5. The Balaban J connectivity index is 1.34. The van der Waals surface area contributed by atoms with Crippen LogP contribution < -0.4 is 4.74 Å². The minimum Gasteiger partial charge on any atom is -0.457 e. The quantitative estimate of drug-likeness (QED) is 0.127. The first-order valence-electron chi connectivity index (χ1n) is 19.6. The molecule has 0 bridgehead atoms. The van der Waals surface area contributed by atoms with E-state index in [-0.39, 0.29) is 5.41 Å². The van der Waals surface area contributed by atoms with E-state index in [1.807, 2.05) is 6.20 Å². The van der Waals surface area contributed by atoms with Crippen LogP contribution in [0.15, 0.2) is 90.6 Å². The molecule has 270 valence electrons. The highest BCUT2D eigenvalue weighted by Crippen LogP contribution is 2.43. The summed E-state index contributed by atoms with van der Waals surface area (Å²) in [5.41, 5.74) is 11.2. The van der Waals surface area contributed by atoms with Gasteiger partial charge in [-0.15, -0.1) is 0 Å². The number of allylic oxidation sites excluding steroid dienone is 2. The lowest BCUT2D eigenvalue weighted by molar-refractivity contribution is 0.446. The summed E-state index contributed by atoms with van der Waals surface area (Å²) in [4.78, 5) is 4.88. The van der Waals surface area contributed by atoms with Gasteiger partial charge in [-0.2, -0.15) is 5.10 Å². The lowest BCUT2D eigenvalue weighted by Gasteiger charge is -2.30. The molecule has 0 saturated carbocycles. The molecule has 2 atom stereocenters. The SMILES string of the molecule is CCCCc1ccnc(-n2c3ccccc3c3ccc(Oc4cc(-n5nc(C)c(C6C(C)=CCC[C@@H]6C)c5CCCC)cc(C(C)(C)C)c4)cc32)c1. The van der Waals surface area contributed by atoms with Crippen molar-refractivity contribution in [3.05, 3.63) is 119 Å². The third kappa shape index (κ3) is 6.95. The normalized spacial score (nSPS) is 16.5. The maximum absolute atomic E-state index is 6.87. The van der Waals surface area contributed by atoms with Crippen LogP contribution in [0.25, 0.3) is 33.3 Å². The Morgan fingerprint density at radius 1 is 0.827 bits per heavy atom. The van der Waals surface area contributed by atoms with E-state index in [2.05, 4.69) is 144 Å². The predicted molar refractivity (Wildman–Crippen MR) is 218 cm³/mol. The van der Waals surface area contributed by atoms with Gasteiger partial charge in [0.15, 0.2) is 0 Å². The Morgan fingerprint density at radius 3 is 2.37 bits per heavy atom. The van der Waals surface area contributed by atoms with Crippen LogP contribution in [-0.2, 0) is 18.3 Å². The lowest BCUT2D eigenvalue weighted by Crippen LogP contribution is -2.17. The standard InChI is InChI=1S/C47H56N4O/c1-9-11-18-34-24-25-48-44(26-34)50-41-21-14-13-19-39(41)40-23-22-37(30-43(40)50)52-38-28-35(47(6,7)8)27-36(29-38)51-42(20-12-10-2)46(33(5)49-51)45-31(3)16-15-17-32(45)4/h13-14,16,19,21-30,32,45H,9-12,15,17-18,20H2,1-8H3/t32-,45?/m0/s1. The van der Waals surface area contributed by atoms with Gasteiger partial charge >= 0.3 is 0 Å². The Morgan fingerprint density at radius 2 is 1.60 bits per heavy atom. The molecule has 0 radical (unpaired) electrons. The smallest absolute Gasteiger partial charge is 0.137 e. The van der Waals surface area contributed by atoms with Crippen molar-refractivity contribution < 1.29 is 4.74 Å². The molecule has 3 aromatic carbocycles. The fraction of sp³-hybridized carbons (Fsp3) is 0.404. The fourth-order valence-corrected chi connectivity index (χ4v) is 8.33. The maximum atomic E-state index is 6.87. The van der Waals surface area contributed by atoms with Gasteiger partial charge in [-0.05, 0) is 117 Å². The van der Waals surface area contributed by atoms with Crippen molar-refractivity contribution in [2.24, 2.45) is 5.92 Å². The molecule has 0 fully saturated rings. The van der Waals surface area contributed by atoms with Gasteiger partial charge in [0, 0.05) is 46.3 Å². The van der Waals surface area contributed by atoms with Crippen LogP contribution in [0.4, 0.5) is 0 Å². The van der Waals surface area contributed by atoms with E-state index >= 15 is 0 Å². The Labute approximate surface area is 310 Å². The number of hydrogen-bond donors (Lipinski definition) is 0. The van der Waals surface area contributed by atoms with Gasteiger partial charge in [0.05, 0.1) is 22.4 Å². The Kier molecular flexibility index (Phi) is 10.2. The average Bonchev–Trinajstić information content (AvgIpc) is 3.63. The predicted octanol–water partition coefficient (Wildman–Crippen LogP) is 12.9. The third-order valence-corrected chi connectivity index (χ3v) is 11.2. The zero-order chi connectivity index (χ0) is 36.6. The molecule has 3 heterocycles. The highest BCUT2D eigenvalue weighted by molar-refractivity contribution is 6.09. The van der Waals surface area contributed by atoms with Crippen molar-refractivity contribution in [3.63, 3.8) is 0 Å². The Hall–Kier alpha value is -4.64. The lowest BCUT2D eigenvalue weighted by atomic mass is 9.75. The van der Waals surface area contributed by atoms with Crippen molar-refractivity contribution in [2.45, 2.75) is 118 Å². The first-order chi connectivity index (χ1) is 25.1. The van der Waals surface area contributed by atoms with Crippen molar-refractivity contribution in [1.82, 2.24) is 19.3 Å². The summed E-state index contributed by atoms with van der Waals surface area (Å²) in [6.45, 7) is 18.3. The number of nitrogens with zero attached hydrogens (tertiary/aromatic N) is 4. The topological polar surface area (TPSA) is 44.9 Å². The number of unbranched alkanes of at least 4 members (excludes halogenated alkanes) is 2. The minimum atomic E-state index is -0.0786. The van der Waals surface area contributed by atoms with Crippen molar-refractivity contribution >= 4 is 21.8 Å². The molecule has 5 heteroatoms. The average molecular weight is 693 g/mol. The van der Waals surface area contributed by atoms with Gasteiger partial charge in [-0.3, -0.25) is 4.57 Å². The van der Waals surface area contributed by atoms with Crippen LogP contribution in [0.5, 0.6) is 11.5 Å². The van der Waals surface area contributed by atoms with Crippen molar-refractivity contribution in [2.75, 3.05) is 0 Å². The summed E-state index contributed by atoms with van der Waals surface area (Å²) in [5.74, 6) is 3.58. The number of benzene rings is 3. The highest BCUT2D eigenvalue weighted by Gasteiger charge is 2.31. The minimum absolute atomic E-state index is 0.0786. The van der Waals surface area contributed by atoms with Gasteiger partial charge in [0.2, 0.25) is 0 Å². The molecule has 0 N–H and O–H groups in total. The molecule has 3 aromatic heterocycles. The van der Waals surface area contributed by atoms with Gasteiger partial charge in [0.1, 0.15) is 17.3 Å². The van der Waals surface area contributed by atoms with E-state index in [0.717, 1.165) is 65.4 Å². The molecule has 0 aliphatic heterocycles. The molecule has 52 heavy (non-hydrogen) atoms. The fourth-order valence-electron chi connectivity index (χ4n) is 8.33. The number of ether oxygens (including phenoxy) is 1. The van der Waals surface area contributed by atoms with Crippen LogP contribution in [0, 0.1) is 12.8 Å². The van der Waals surface area contributed by atoms with Crippen LogP contribution >= 0.6 is 0 Å². The second-order valence-corrected chi connectivity index (χ2v) is 16.2. The first kappa shape index (κ1) is 35.7. The van der Waals surface area contributed by atoms with Crippen molar-refractivity contribution in [1.29, 1.82) is 0 Å². The molecule has 6 aromatic rings. The maximum Gasteiger partial charge on any atom is 0.137 e. The molecular formula is C47H56N4O. The van der Waals surface area contributed by atoms with E-state index in [9.17, 15) is 0 Å². The summed E-state index contributed by atoms with van der Waals surface area (Å²) in [6, 6.07) is 26.2. The molecule has 5 nitrogen and oxygen atoms in total. The monoisotopic (exact) mass is 692 g/mol. The van der Waals surface area contributed by atoms with Crippen LogP contribution in [0.2, 0.25) is 0 Å². The number of para-hydroxylation sites is 1. The molecular weight excluding hydrogens is 637 g/mol. The van der Waals surface area contributed by atoms with E-state index in [0.29, 0.717) is 11.8 Å². The molecule has 1 aliphatic rings. The van der Waals surface area contributed by atoms with Crippen LogP contribution in [0.3, 0.4) is 0 Å². The van der Waals surface area contributed by atoms with Gasteiger partial charge in [0.25, 0.3) is 0 Å². The number of pyridine rings is 1. The molecule has 0 amide bonds.